The lowest BCUT2D eigenvalue weighted by Crippen LogP contribution is -2.35. The Balaban J connectivity index is 3.04. The van der Waals surface area contributed by atoms with Crippen molar-refractivity contribution in [1.29, 1.82) is 0 Å². The molecule has 0 aromatic heterocycles. The average Bonchev–Trinajstić information content (AvgIpc) is 1.99. The summed E-state index contributed by atoms with van der Waals surface area (Å²) >= 11 is 4.98. The lowest BCUT2D eigenvalue weighted by molar-refractivity contribution is 0.690. The van der Waals surface area contributed by atoms with Crippen LogP contribution in [0.2, 0.25) is 0 Å². The van der Waals surface area contributed by atoms with Crippen LogP contribution in [0.15, 0.2) is 0 Å². The second-order valence-electron chi connectivity index (χ2n) is 2.49. The van der Waals surface area contributed by atoms with Crippen molar-refractivity contribution in [3.05, 3.63) is 0 Å². The van der Waals surface area contributed by atoms with Gasteiger partial charge in [0.2, 0.25) is 0 Å². The Bertz CT molecular complexity index is 104. The number of unbranched alkanes of at least 4 members (excludes halogenated alkanes) is 2. The van der Waals surface area contributed by atoms with E-state index < -0.39 is 0 Å². The van der Waals surface area contributed by atoms with Crippen LogP contribution < -0.4 is 10.6 Å². The second kappa shape index (κ2) is 7.79. The SMILES string of the molecule is CCCCCNC(=S)NCC. The van der Waals surface area contributed by atoms with Crippen molar-refractivity contribution < 1.29 is 0 Å². The van der Waals surface area contributed by atoms with E-state index in [1.165, 1.54) is 19.3 Å². The molecule has 0 amide bonds. The highest BCUT2D eigenvalue weighted by molar-refractivity contribution is 7.80. The van der Waals surface area contributed by atoms with Crippen molar-refractivity contribution in [2.45, 2.75) is 33.1 Å². The summed E-state index contributed by atoms with van der Waals surface area (Å²) in [7, 11) is 0. The maximum absolute atomic E-state index is 4.98. The lowest BCUT2D eigenvalue weighted by atomic mass is 10.2. The summed E-state index contributed by atoms with van der Waals surface area (Å²) in [6, 6.07) is 0. The van der Waals surface area contributed by atoms with Gasteiger partial charge in [0, 0.05) is 13.1 Å². The van der Waals surface area contributed by atoms with Crippen molar-refractivity contribution in [2.24, 2.45) is 0 Å². The monoisotopic (exact) mass is 174 g/mol. The summed E-state index contributed by atoms with van der Waals surface area (Å²) in [6.45, 7) is 6.14. The molecule has 0 aromatic rings. The zero-order chi connectivity index (χ0) is 8.53. The summed E-state index contributed by atoms with van der Waals surface area (Å²) in [6.07, 6.45) is 3.75. The summed E-state index contributed by atoms with van der Waals surface area (Å²) in [5.74, 6) is 0. The first-order valence-corrected chi connectivity index (χ1v) is 4.73. The number of hydrogen-bond donors (Lipinski definition) is 2. The molecule has 0 aliphatic heterocycles. The molecule has 66 valence electrons. The smallest absolute Gasteiger partial charge is 0.166 e. The number of hydrogen-bond acceptors (Lipinski definition) is 1. The molecule has 0 atom stereocenters. The molecule has 0 aliphatic rings. The first-order valence-electron chi connectivity index (χ1n) is 4.33. The predicted molar refractivity (Wildman–Crippen MR) is 53.8 cm³/mol. The van der Waals surface area contributed by atoms with E-state index in [1.54, 1.807) is 0 Å². The van der Waals surface area contributed by atoms with Gasteiger partial charge in [0.05, 0.1) is 0 Å². The Morgan fingerprint density at radius 2 is 1.91 bits per heavy atom. The number of rotatable bonds is 5. The Labute approximate surface area is 74.8 Å². The standard InChI is InChI=1S/C8H18N2S/c1-3-5-6-7-10-8(11)9-4-2/h3-7H2,1-2H3,(H2,9,10,11). The molecule has 0 aromatic carbocycles. The third-order valence-electron chi connectivity index (χ3n) is 1.40. The van der Waals surface area contributed by atoms with Gasteiger partial charge in [0.15, 0.2) is 5.11 Å². The van der Waals surface area contributed by atoms with E-state index in [0.29, 0.717) is 0 Å². The molecule has 0 fully saturated rings. The summed E-state index contributed by atoms with van der Waals surface area (Å²) in [5, 5.41) is 6.96. The fourth-order valence-electron chi connectivity index (χ4n) is 0.800. The Morgan fingerprint density at radius 1 is 1.18 bits per heavy atom. The van der Waals surface area contributed by atoms with Gasteiger partial charge in [-0.2, -0.15) is 0 Å². The predicted octanol–water partition coefficient (Wildman–Crippen LogP) is 1.66. The largest absolute Gasteiger partial charge is 0.363 e. The van der Waals surface area contributed by atoms with E-state index in [0.717, 1.165) is 18.2 Å². The van der Waals surface area contributed by atoms with Crippen molar-refractivity contribution in [3.8, 4) is 0 Å². The van der Waals surface area contributed by atoms with Crippen LogP contribution in [0.4, 0.5) is 0 Å². The minimum Gasteiger partial charge on any atom is -0.363 e. The molecule has 0 unspecified atom stereocenters. The topological polar surface area (TPSA) is 24.1 Å². The van der Waals surface area contributed by atoms with E-state index in [-0.39, 0.29) is 0 Å². The molecule has 0 radical (unpaired) electrons. The molecular formula is C8H18N2S. The average molecular weight is 174 g/mol. The quantitative estimate of drug-likeness (QED) is 0.489. The molecular weight excluding hydrogens is 156 g/mol. The van der Waals surface area contributed by atoms with Gasteiger partial charge < -0.3 is 10.6 Å². The number of thiocarbonyl (C=S) groups is 1. The van der Waals surface area contributed by atoms with Crippen molar-refractivity contribution in [3.63, 3.8) is 0 Å². The van der Waals surface area contributed by atoms with E-state index in [1.807, 2.05) is 6.92 Å². The second-order valence-corrected chi connectivity index (χ2v) is 2.90. The lowest BCUT2D eigenvalue weighted by Gasteiger charge is -2.07. The van der Waals surface area contributed by atoms with Crippen molar-refractivity contribution in [2.75, 3.05) is 13.1 Å². The number of nitrogens with one attached hydrogen (secondary N) is 2. The molecule has 0 rings (SSSR count). The van der Waals surface area contributed by atoms with Gasteiger partial charge in [-0.05, 0) is 25.6 Å². The maximum Gasteiger partial charge on any atom is 0.166 e. The molecule has 0 spiro atoms. The van der Waals surface area contributed by atoms with Crippen LogP contribution in [0.3, 0.4) is 0 Å². The van der Waals surface area contributed by atoms with E-state index in [2.05, 4.69) is 17.6 Å². The van der Waals surface area contributed by atoms with Crippen molar-refractivity contribution in [1.82, 2.24) is 10.6 Å². The third kappa shape index (κ3) is 7.59. The van der Waals surface area contributed by atoms with Gasteiger partial charge in [-0.15, -0.1) is 0 Å². The van der Waals surface area contributed by atoms with Crippen LogP contribution in [-0.4, -0.2) is 18.2 Å². The van der Waals surface area contributed by atoms with Crippen LogP contribution in [0.5, 0.6) is 0 Å². The van der Waals surface area contributed by atoms with Gasteiger partial charge in [-0.1, -0.05) is 19.8 Å². The first kappa shape index (κ1) is 10.7. The minimum atomic E-state index is 0.781. The Kier molecular flexibility index (Phi) is 7.57. The summed E-state index contributed by atoms with van der Waals surface area (Å²) in [5.41, 5.74) is 0. The fraction of sp³-hybridized carbons (Fsp3) is 0.875. The van der Waals surface area contributed by atoms with Crippen LogP contribution in [0, 0.1) is 0 Å². The molecule has 0 heterocycles. The molecule has 11 heavy (non-hydrogen) atoms. The van der Waals surface area contributed by atoms with Crippen LogP contribution in [0.25, 0.3) is 0 Å². The van der Waals surface area contributed by atoms with Crippen molar-refractivity contribution >= 4 is 17.3 Å². The molecule has 0 saturated heterocycles. The van der Waals surface area contributed by atoms with Crippen LogP contribution in [0.1, 0.15) is 33.1 Å². The Hall–Kier alpha value is -0.310. The normalized spacial score (nSPS) is 9.27. The van der Waals surface area contributed by atoms with Crippen LogP contribution >= 0.6 is 12.2 Å². The van der Waals surface area contributed by atoms with E-state index in [4.69, 9.17) is 12.2 Å². The van der Waals surface area contributed by atoms with Gasteiger partial charge in [-0.3, -0.25) is 0 Å². The molecule has 2 nitrogen and oxygen atoms in total. The van der Waals surface area contributed by atoms with Gasteiger partial charge >= 0.3 is 0 Å². The third-order valence-corrected chi connectivity index (χ3v) is 1.69. The zero-order valence-electron chi connectivity index (χ0n) is 7.44. The van der Waals surface area contributed by atoms with Gasteiger partial charge in [0.1, 0.15) is 0 Å². The molecule has 0 bridgehead atoms. The molecule has 0 aliphatic carbocycles. The highest BCUT2D eigenvalue weighted by Crippen LogP contribution is 1.90. The summed E-state index contributed by atoms with van der Waals surface area (Å²) in [4.78, 5) is 0. The highest BCUT2D eigenvalue weighted by Gasteiger charge is 1.90. The molecule has 3 heteroatoms. The van der Waals surface area contributed by atoms with Crippen LogP contribution in [-0.2, 0) is 0 Å². The van der Waals surface area contributed by atoms with E-state index in [9.17, 15) is 0 Å². The fourth-order valence-corrected chi connectivity index (χ4v) is 1.05. The molecule has 2 N–H and O–H groups in total. The summed E-state index contributed by atoms with van der Waals surface area (Å²) < 4.78 is 0. The van der Waals surface area contributed by atoms with Gasteiger partial charge in [0.25, 0.3) is 0 Å². The highest BCUT2D eigenvalue weighted by atomic mass is 32.1. The minimum absolute atomic E-state index is 0.781. The molecule has 0 saturated carbocycles. The van der Waals surface area contributed by atoms with Gasteiger partial charge in [-0.25, -0.2) is 0 Å². The van der Waals surface area contributed by atoms with E-state index >= 15 is 0 Å². The zero-order valence-corrected chi connectivity index (χ0v) is 8.26. The maximum atomic E-state index is 4.98. The first-order chi connectivity index (χ1) is 5.31. The Morgan fingerprint density at radius 3 is 2.45 bits per heavy atom.